The Morgan fingerprint density at radius 3 is 1.10 bits per heavy atom. The van der Waals surface area contributed by atoms with Gasteiger partial charge < -0.3 is 20.3 Å². The van der Waals surface area contributed by atoms with Crippen LogP contribution in [0.15, 0.2) is 24.3 Å². The van der Waals surface area contributed by atoms with Gasteiger partial charge in [0.15, 0.2) is 0 Å². The van der Waals surface area contributed by atoms with Crippen molar-refractivity contribution >= 4 is 11.9 Å². The van der Waals surface area contributed by atoms with Gasteiger partial charge >= 0.3 is 5.97 Å². The van der Waals surface area contributed by atoms with Crippen molar-refractivity contribution in [1.82, 2.24) is 5.32 Å². The van der Waals surface area contributed by atoms with Crippen LogP contribution in [0, 0.1) is 0 Å². The van der Waals surface area contributed by atoms with Crippen LogP contribution in [0.1, 0.15) is 354 Å². The number of aliphatic hydroxyl groups is 2. The summed E-state index contributed by atoms with van der Waals surface area (Å²) in [6.45, 7) is 4.94. The van der Waals surface area contributed by atoms with Gasteiger partial charge in [0.05, 0.1) is 25.4 Å². The van der Waals surface area contributed by atoms with Crippen molar-refractivity contribution in [2.75, 3.05) is 13.2 Å². The number of unbranched alkanes of at least 4 members (excludes halogenated alkanes) is 45. The zero-order valence-electron chi connectivity index (χ0n) is 48.0. The molecule has 0 fully saturated rings. The van der Waals surface area contributed by atoms with Gasteiger partial charge in [-0.15, -0.1) is 0 Å². The monoisotopic (exact) mass is 1000 g/mol. The van der Waals surface area contributed by atoms with Crippen molar-refractivity contribution < 1.29 is 24.5 Å². The van der Waals surface area contributed by atoms with Gasteiger partial charge in [-0.05, 0) is 57.8 Å². The number of hydrogen-bond donors (Lipinski definition) is 3. The molecule has 2 unspecified atom stereocenters. The lowest BCUT2D eigenvalue weighted by atomic mass is 10.0. The molecule has 0 aliphatic rings. The largest absolute Gasteiger partial charge is 0.466 e. The Morgan fingerprint density at radius 1 is 0.394 bits per heavy atom. The molecule has 0 aliphatic carbocycles. The van der Waals surface area contributed by atoms with E-state index in [-0.39, 0.29) is 18.5 Å². The van der Waals surface area contributed by atoms with Gasteiger partial charge in [0, 0.05) is 12.8 Å². The van der Waals surface area contributed by atoms with Crippen molar-refractivity contribution in [3.05, 3.63) is 24.3 Å². The fourth-order valence-corrected chi connectivity index (χ4v) is 10.1. The molecule has 420 valence electrons. The maximum Gasteiger partial charge on any atom is 0.305 e. The fourth-order valence-electron chi connectivity index (χ4n) is 10.1. The molecule has 0 spiro atoms. The molecule has 0 aliphatic heterocycles. The van der Waals surface area contributed by atoms with Crippen LogP contribution < -0.4 is 5.32 Å². The van der Waals surface area contributed by atoms with E-state index in [1.54, 1.807) is 0 Å². The predicted octanol–water partition coefficient (Wildman–Crippen LogP) is 20.2. The fraction of sp³-hybridized carbons (Fsp3) is 0.908. The number of aliphatic hydroxyl groups excluding tert-OH is 2. The average molecular weight is 1000 g/mol. The second-order valence-corrected chi connectivity index (χ2v) is 22.1. The first-order valence-electron chi connectivity index (χ1n) is 32.1. The first-order chi connectivity index (χ1) is 35.0. The van der Waals surface area contributed by atoms with Crippen LogP contribution in [0.5, 0.6) is 0 Å². The first kappa shape index (κ1) is 69.3. The molecule has 2 atom stereocenters. The van der Waals surface area contributed by atoms with E-state index in [2.05, 4.69) is 43.5 Å². The summed E-state index contributed by atoms with van der Waals surface area (Å²) in [6.07, 6.45) is 74.8. The maximum absolute atomic E-state index is 12.5. The van der Waals surface area contributed by atoms with Crippen LogP contribution in [-0.2, 0) is 14.3 Å². The summed E-state index contributed by atoms with van der Waals surface area (Å²) in [4.78, 5) is 24.5. The second-order valence-electron chi connectivity index (χ2n) is 22.1. The molecule has 1 amide bonds. The molecule has 3 N–H and O–H groups in total. The molecule has 6 heteroatoms. The first-order valence-corrected chi connectivity index (χ1v) is 32.1. The Bertz CT molecular complexity index is 1110. The van der Waals surface area contributed by atoms with Gasteiger partial charge in [-0.25, -0.2) is 0 Å². The summed E-state index contributed by atoms with van der Waals surface area (Å²) in [5, 5.41) is 23.3. The Morgan fingerprint density at radius 2 is 0.704 bits per heavy atom. The highest BCUT2D eigenvalue weighted by molar-refractivity contribution is 5.76. The van der Waals surface area contributed by atoms with Crippen LogP contribution in [0.4, 0.5) is 0 Å². The summed E-state index contributed by atoms with van der Waals surface area (Å²) < 4.78 is 5.48. The predicted molar refractivity (Wildman–Crippen MR) is 310 cm³/mol. The Hall–Kier alpha value is -1.66. The maximum atomic E-state index is 12.5. The molecule has 0 saturated heterocycles. The van der Waals surface area contributed by atoms with E-state index in [0.29, 0.717) is 25.9 Å². The van der Waals surface area contributed by atoms with E-state index < -0.39 is 12.1 Å². The lowest BCUT2D eigenvalue weighted by Gasteiger charge is -2.22. The average Bonchev–Trinajstić information content (AvgIpc) is 3.37. The number of amides is 1. The van der Waals surface area contributed by atoms with Crippen molar-refractivity contribution in [3.8, 4) is 0 Å². The third kappa shape index (κ3) is 57.5. The lowest BCUT2D eigenvalue weighted by Crippen LogP contribution is -2.45. The highest BCUT2D eigenvalue weighted by Crippen LogP contribution is 2.18. The van der Waals surface area contributed by atoms with Crippen LogP contribution in [0.25, 0.3) is 0 Å². The molecule has 0 aromatic carbocycles. The van der Waals surface area contributed by atoms with E-state index >= 15 is 0 Å². The van der Waals surface area contributed by atoms with E-state index in [1.165, 1.54) is 270 Å². The molecule has 0 aromatic rings. The third-order valence-corrected chi connectivity index (χ3v) is 15.0. The summed E-state index contributed by atoms with van der Waals surface area (Å²) in [5.74, 6) is -0.0298. The lowest BCUT2D eigenvalue weighted by molar-refractivity contribution is -0.143. The number of carbonyl (C=O) groups is 2. The highest BCUT2D eigenvalue weighted by Gasteiger charge is 2.20. The van der Waals surface area contributed by atoms with E-state index in [4.69, 9.17) is 4.74 Å². The van der Waals surface area contributed by atoms with Gasteiger partial charge in [-0.1, -0.05) is 308 Å². The Kier molecular flexibility index (Phi) is 59.5. The molecule has 0 radical (unpaired) electrons. The number of hydrogen-bond acceptors (Lipinski definition) is 5. The number of allylic oxidation sites excluding steroid dienone is 4. The minimum atomic E-state index is -0.663. The van der Waals surface area contributed by atoms with E-state index in [1.807, 2.05) is 0 Å². The van der Waals surface area contributed by atoms with Crippen molar-refractivity contribution in [2.45, 2.75) is 366 Å². The molecule has 0 bridgehead atoms. The van der Waals surface area contributed by atoms with E-state index in [9.17, 15) is 19.8 Å². The summed E-state index contributed by atoms with van der Waals surface area (Å²) in [7, 11) is 0. The standard InChI is InChI=1S/C65H125NO5/c1-3-5-7-9-11-13-15-17-29-33-37-41-45-49-53-57-63(68)62(61-67)66-64(69)58-54-50-46-42-38-34-31-27-25-23-21-19-20-22-24-26-28-32-36-40-44-48-52-56-60-71-65(70)59-55-51-47-43-39-35-30-18-16-14-12-10-8-6-4-2/h12,14,18,30,62-63,67-68H,3-11,13,15-17,19-29,31-61H2,1-2H3,(H,66,69)/b14-12-,30-18-. The number of rotatable bonds is 60. The van der Waals surface area contributed by atoms with Gasteiger partial charge in [-0.2, -0.15) is 0 Å². The molecule has 0 rings (SSSR count). The highest BCUT2D eigenvalue weighted by atomic mass is 16.5. The summed E-state index contributed by atoms with van der Waals surface area (Å²) in [6, 6.07) is -0.540. The number of nitrogens with one attached hydrogen (secondary N) is 1. The molecular formula is C65H125NO5. The molecule has 0 heterocycles. The SMILES string of the molecule is CCCCC/C=C\C/C=C\CCCCCCCC(=O)OCCCCCCCCCCCCCCCCCCCCCCCCCCC(=O)NC(CO)C(O)CCCCCCCCCCCCCCCCC. The second kappa shape index (κ2) is 60.9. The smallest absolute Gasteiger partial charge is 0.305 e. The van der Waals surface area contributed by atoms with Crippen LogP contribution in [0.3, 0.4) is 0 Å². The number of esters is 1. The molecule has 6 nitrogen and oxygen atoms in total. The Labute approximate surface area is 443 Å². The molecular weight excluding hydrogens is 875 g/mol. The van der Waals surface area contributed by atoms with Crippen LogP contribution in [0.2, 0.25) is 0 Å². The van der Waals surface area contributed by atoms with Gasteiger partial charge in [0.2, 0.25) is 5.91 Å². The van der Waals surface area contributed by atoms with Crippen LogP contribution in [-0.4, -0.2) is 47.4 Å². The van der Waals surface area contributed by atoms with Gasteiger partial charge in [0.1, 0.15) is 0 Å². The van der Waals surface area contributed by atoms with Gasteiger partial charge in [0.25, 0.3) is 0 Å². The van der Waals surface area contributed by atoms with Crippen molar-refractivity contribution in [2.24, 2.45) is 0 Å². The summed E-state index contributed by atoms with van der Waals surface area (Å²) in [5.41, 5.74) is 0. The summed E-state index contributed by atoms with van der Waals surface area (Å²) >= 11 is 0. The zero-order valence-corrected chi connectivity index (χ0v) is 48.0. The van der Waals surface area contributed by atoms with Crippen molar-refractivity contribution in [3.63, 3.8) is 0 Å². The number of carbonyl (C=O) groups excluding carboxylic acids is 2. The minimum Gasteiger partial charge on any atom is -0.466 e. The Balaban J connectivity index is 3.36. The normalized spacial score (nSPS) is 12.7. The van der Waals surface area contributed by atoms with Gasteiger partial charge in [-0.3, -0.25) is 9.59 Å². The van der Waals surface area contributed by atoms with Crippen LogP contribution >= 0.6 is 0 Å². The minimum absolute atomic E-state index is 0.00189. The van der Waals surface area contributed by atoms with E-state index in [0.717, 1.165) is 51.4 Å². The molecule has 71 heavy (non-hydrogen) atoms. The zero-order chi connectivity index (χ0) is 51.4. The third-order valence-electron chi connectivity index (χ3n) is 15.0. The topological polar surface area (TPSA) is 95.9 Å². The molecule has 0 aromatic heterocycles. The van der Waals surface area contributed by atoms with Crippen molar-refractivity contribution in [1.29, 1.82) is 0 Å². The number of ether oxygens (including phenoxy) is 1. The molecule has 0 saturated carbocycles. The quantitative estimate of drug-likeness (QED) is 0.0320.